The van der Waals surface area contributed by atoms with E-state index in [2.05, 4.69) is 45.2 Å². The van der Waals surface area contributed by atoms with Crippen LogP contribution in [0.3, 0.4) is 0 Å². The Morgan fingerprint density at radius 1 is 1.06 bits per heavy atom. The summed E-state index contributed by atoms with van der Waals surface area (Å²) >= 11 is 4.37. The molecule has 4 nitrogen and oxygen atoms in total. The molecule has 0 aromatic heterocycles. The number of nitrogens with two attached hydrogens (primary N) is 2. The molecule has 0 aliphatic rings. The van der Waals surface area contributed by atoms with Gasteiger partial charge < -0.3 is 11.5 Å². The lowest BCUT2D eigenvalue weighted by Gasteiger charge is -2.17. The van der Waals surface area contributed by atoms with Crippen LogP contribution in [0.5, 0.6) is 0 Å². The van der Waals surface area contributed by atoms with Crippen LogP contribution in [-0.4, -0.2) is 11.8 Å². The van der Waals surface area contributed by atoms with Crippen molar-refractivity contribution in [2.24, 2.45) is 11.5 Å². The molecule has 0 fully saturated rings. The summed E-state index contributed by atoms with van der Waals surface area (Å²) in [7, 11) is 0. The van der Waals surface area contributed by atoms with E-state index in [0.717, 1.165) is 12.7 Å². The van der Waals surface area contributed by atoms with Crippen molar-refractivity contribution in [2.75, 3.05) is 0 Å². The fourth-order valence-electron chi connectivity index (χ4n) is 1.66. The van der Waals surface area contributed by atoms with Gasteiger partial charge in [0.2, 0.25) is 11.8 Å². The van der Waals surface area contributed by atoms with Crippen molar-refractivity contribution in [3.8, 4) is 0 Å². The Morgan fingerprint density at radius 3 is 1.82 bits per heavy atom. The predicted octanol–water partition coefficient (Wildman–Crippen LogP) is 1.73. The molecular formula is C11H12I2N2O2. The van der Waals surface area contributed by atoms with Gasteiger partial charge in [-0.3, -0.25) is 9.59 Å². The highest BCUT2D eigenvalue weighted by atomic mass is 127. The average Bonchev–Trinajstić information content (AvgIpc) is 2.14. The fraction of sp³-hybridized carbons (Fsp3) is 0.273. The van der Waals surface area contributed by atoms with E-state index in [1.807, 2.05) is 18.2 Å². The zero-order chi connectivity index (χ0) is 13.0. The third kappa shape index (κ3) is 4.41. The maximum absolute atomic E-state index is 11.1. The first kappa shape index (κ1) is 14.7. The monoisotopic (exact) mass is 458 g/mol. The Bertz CT molecular complexity index is 413. The van der Waals surface area contributed by atoms with Crippen LogP contribution in [0.25, 0.3) is 0 Å². The van der Waals surface area contributed by atoms with Gasteiger partial charge in [0, 0.05) is 25.9 Å². The van der Waals surface area contributed by atoms with Crippen molar-refractivity contribution in [3.63, 3.8) is 0 Å². The molecule has 0 aliphatic carbocycles. The summed E-state index contributed by atoms with van der Waals surface area (Å²) in [5.74, 6) is -1.08. The molecule has 0 saturated heterocycles. The zero-order valence-electron chi connectivity index (χ0n) is 8.95. The van der Waals surface area contributed by atoms with Crippen LogP contribution in [0.15, 0.2) is 18.2 Å². The smallest absolute Gasteiger partial charge is 0.218 e. The molecule has 0 radical (unpaired) electrons. The number of primary amides is 2. The van der Waals surface area contributed by atoms with Crippen molar-refractivity contribution in [1.29, 1.82) is 0 Å². The number of halogens is 2. The number of hydrogen-bond acceptors (Lipinski definition) is 2. The van der Waals surface area contributed by atoms with Crippen molar-refractivity contribution >= 4 is 57.0 Å². The summed E-state index contributed by atoms with van der Waals surface area (Å²) in [5.41, 5.74) is 11.4. The predicted molar refractivity (Wildman–Crippen MR) is 82.2 cm³/mol. The second-order valence-electron chi connectivity index (χ2n) is 3.67. The quantitative estimate of drug-likeness (QED) is 0.660. The number of hydrogen-bond donors (Lipinski definition) is 2. The highest BCUT2D eigenvalue weighted by molar-refractivity contribution is 14.1. The van der Waals surface area contributed by atoms with E-state index in [4.69, 9.17) is 11.5 Å². The molecular weight excluding hydrogens is 446 g/mol. The Balaban J connectivity index is 3.11. The van der Waals surface area contributed by atoms with Gasteiger partial charge in [0.05, 0.1) is 0 Å². The lowest BCUT2D eigenvalue weighted by molar-refractivity contribution is -0.119. The first-order chi connectivity index (χ1) is 7.91. The molecule has 0 bridgehead atoms. The molecule has 0 spiro atoms. The number of carbonyl (C=O) groups is 2. The molecule has 1 aromatic carbocycles. The molecule has 0 unspecified atom stereocenters. The largest absolute Gasteiger partial charge is 0.370 e. The number of carbonyl (C=O) groups excluding carboxylic acids is 2. The first-order valence-corrected chi connectivity index (χ1v) is 7.08. The van der Waals surface area contributed by atoms with Gasteiger partial charge in [-0.05, 0) is 62.9 Å². The van der Waals surface area contributed by atoms with E-state index in [-0.39, 0.29) is 18.8 Å². The van der Waals surface area contributed by atoms with Crippen LogP contribution >= 0.6 is 45.2 Å². The summed E-state index contributed by atoms with van der Waals surface area (Å²) in [6.45, 7) is 0. The summed E-state index contributed by atoms with van der Waals surface area (Å²) in [4.78, 5) is 22.1. The second-order valence-corrected chi connectivity index (χ2v) is 6.00. The van der Waals surface area contributed by atoms with Gasteiger partial charge in [-0.25, -0.2) is 0 Å². The molecule has 17 heavy (non-hydrogen) atoms. The number of amides is 2. The molecule has 0 aliphatic heterocycles. The lowest BCUT2D eigenvalue weighted by atomic mass is 9.92. The highest BCUT2D eigenvalue weighted by Gasteiger charge is 2.21. The van der Waals surface area contributed by atoms with Gasteiger partial charge in [-0.2, -0.15) is 0 Å². The Morgan fingerprint density at radius 2 is 1.47 bits per heavy atom. The fourth-order valence-corrected chi connectivity index (χ4v) is 4.06. The van der Waals surface area contributed by atoms with E-state index in [1.165, 1.54) is 0 Å². The third-order valence-corrected chi connectivity index (χ3v) is 4.18. The summed E-state index contributed by atoms with van der Waals surface area (Å²) < 4.78 is 2.03. The van der Waals surface area contributed by atoms with Crippen molar-refractivity contribution in [1.82, 2.24) is 0 Å². The minimum Gasteiger partial charge on any atom is -0.370 e. The van der Waals surface area contributed by atoms with Crippen molar-refractivity contribution < 1.29 is 9.59 Å². The molecule has 1 aromatic rings. The zero-order valence-corrected chi connectivity index (χ0v) is 13.3. The molecule has 2 amide bonds. The summed E-state index contributed by atoms with van der Waals surface area (Å²) in [5, 5.41) is 0. The molecule has 92 valence electrons. The minimum atomic E-state index is -0.424. The maximum Gasteiger partial charge on any atom is 0.218 e. The molecule has 6 heteroatoms. The van der Waals surface area contributed by atoms with Crippen LogP contribution in [0.2, 0.25) is 0 Å². The van der Waals surface area contributed by atoms with Crippen LogP contribution in [0, 0.1) is 7.14 Å². The summed E-state index contributed by atoms with van der Waals surface area (Å²) in [6, 6.07) is 5.80. The molecule has 0 atom stereocenters. The van der Waals surface area contributed by atoms with Gasteiger partial charge in [-0.15, -0.1) is 0 Å². The molecule has 0 saturated carbocycles. The molecule has 4 N–H and O–H groups in total. The van der Waals surface area contributed by atoms with Crippen molar-refractivity contribution in [3.05, 3.63) is 30.9 Å². The average molecular weight is 458 g/mol. The van der Waals surface area contributed by atoms with Crippen LogP contribution in [-0.2, 0) is 9.59 Å². The van der Waals surface area contributed by atoms with Gasteiger partial charge in [0.1, 0.15) is 0 Å². The highest BCUT2D eigenvalue weighted by Crippen LogP contribution is 2.31. The normalized spacial score (nSPS) is 10.5. The summed E-state index contributed by atoms with van der Waals surface area (Å²) in [6.07, 6.45) is 0.276. The molecule has 1 rings (SSSR count). The van der Waals surface area contributed by atoms with Gasteiger partial charge in [-0.1, -0.05) is 6.07 Å². The van der Waals surface area contributed by atoms with Crippen molar-refractivity contribution in [2.45, 2.75) is 18.8 Å². The Hall–Kier alpha value is -0.380. The van der Waals surface area contributed by atoms with E-state index in [1.54, 1.807) is 0 Å². The minimum absolute atomic E-state index is 0.138. The van der Waals surface area contributed by atoms with E-state index >= 15 is 0 Å². The topological polar surface area (TPSA) is 86.2 Å². The maximum atomic E-state index is 11.1. The van der Waals surface area contributed by atoms with Crippen LogP contribution < -0.4 is 11.5 Å². The lowest BCUT2D eigenvalue weighted by Crippen LogP contribution is -2.22. The second kappa shape index (κ2) is 6.53. The first-order valence-electron chi connectivity index (χ1n) is 4.92. The van der Waals surface area contributed by atoms with Gasteiger partial charge in [0.15, 0.2) is 0 Å². The molecule has 0 heterocycles. The van der Waals surface area contributed by atoms with E-state index in [9.17, 15) is 9.59 Å². The Kier molecular flexibility index (Phi) is 5.63. The van der Waals surface area contributed by atoms with Gasteiger partial charge >= 0.3 is 0 Å². The number of rotatable bonds is 5. The van der Waals surface area contributed by atoms with Crippen LogP contribution in [0.1, 0.15) is 24.3 Å². The standard InChI is InChI=1S/C11H12I2N2O2/c12-7-2-1-3-8(13)11(7)6(4-9(14)16)5-10(15)17/h1-3,6H,4-5H2,(H2,14,16)(H2,15,17). The van der Waals surface area contributed by atoms with Crippen LogP contribution in [0.4, 0.5) is 0 Å². The Labute approximate surface area is 127 Å². The SMILES string of the molecule is NC(=O)CC(CC(N)=O)c1c(I)cccc1I. The third-order valence-electron chi connectivity index (χ3n) is 2.30. The number of benzene rings is 1. The van der Waals surface area contributed by atoms with E-state index < -0.39 is 11.8 Å². The van der Waals surface area contributed by atoms with E-state index in [0.29, 0.717) is 0 Å². The van der Waals surface area contributed by atoms with Gasteiger partial charge in [0.25, 0.3) is 0 Å².